The van der Waals surface area contributed by atoms with E-state index in [4.69, 9.17) is 14.5 Å². The molecule has 0 bridgehead atoms. The lowest BCUT2D eigenvalue weighted by molar-refractivity contribution is -0.109. The number of nitrogens with zero attached hydrogens (tertiary/aromatic N) is 3. The summed E-state index contributed by atoms with van der Waals surface area (Å²) in [6.07, 6.45) is 6.87. The minimum atomic E-state index is -0.311. The van der Waals surface area contributed by atoms with Crippen LogP contribution in [0.3, 0.4) is 0 Å². The monoisotopic (exact) mass is 534 g/mol. The molecule has 0 radical (unpaired) electrons. The van der Waals surface area contributed by atoms with Crippen LogP contribution in [0.2, 0.25) is 0 Å². The highest BCUT2D eigenvalue weighted by Gasteiger charge is 2.31. The maximum absolute atomic E-state index is 10.8. The van der Waals surface area contributed by atoms with Crippen LogP contribution in [-0.2, 0) is 22.4 Å². The van der Waals surface area contributed by atoms with Crippen LogP contribution >= 0.6 is 0 Å². The van der Waals surface area contributed by atoms with Crippen molar-refractivity contribution in [3.63, 3.8) is 0 Å². The van der Waals surface area contributed by atoms with E-state index in [1.54, 1.807) is 6.20 Å². The predicted octanol–water partition coefficient (Wildman–Crippen LogP) is 1.31. The Morgan fingerprint density at radius 1 is 1.28 bits per heavy atom. The number of anilines is 1. The summed E-state index contributed by atoms with van der Waals surface area (Å²) in [5.41, 5.74) is 4.78. The fraction of sp³-hybridized carbons (Fsp3) is 0.536. The number of nitrogens with one attached hydrogen (secondary N) is 5. The molecule has 208 valence electrons. The van der Waals surface area contributed by atoms with Gasteiger partial charge in [0.25, 0.3) is 0 Å². The van der Waals surface area contributed by atoms with E-state index in [9.17, 15) is 10.1 Å². The molecule has 5 rings (SSSR count). The summed E-state index contributed by atoms with van der Waals surface area (Å²) in [5.74, 6) is 2.39. The van der Waals surface area contributed by atoms with E-state index in [1.165, 1.54) is 11.1 Å². The highest BCUT2D eigenvalue weighted by molar-refractivity contribution is 5.97. The van der Waals surface area contributed by atoms with Crippen molar-refractivity contribution in [2.45, 2.75) is 51.2 Å². The van der Waals surface area contributed by atoms with Gasteiger partial charge in [-0.2, -0.15) is 5.26 Å². The van der Waals surface area contributed by atoms with Gasteiger partial charge in [-0.1, -0.05) is 6.07 Å². The van der Waals surface area contributed by atoms with Crippen molar-refractivity contribution in [2.75, 3.05) is 51.3 Å². The summed E-state index contributed by atoms with van der Waals surface area (Å²) in [6, 6.07) is 6.90. The summed E-state index contributed by atoms with van der Waals surface area (Å²) in [6.45, 7) is 7.48. The molecule has 2 atom stereocenters. The first-order chi connectivity index (χ1) is 19.2. The third-order valence-corrected chi connectivity index (χ3v) is 7.62. The number of carbonyl (C=O) groups excluding carboxylic acids is 1. The molecule has 5 N–H and O–H groups in total. The van der Waals surface area contributed by atoms with Crippen LogP contribution in [0.4, 0.5) is 5.69 Å². The Kier molecular flexibility index (Phi) is 8.85. The van der Waals surface area contributed by atoms with Gasteiger partial charge in [0.05, 0.1) is 31.0 Å². The zero-order valence-corrected chi connectivity index (χ0v) is 22.5. The maximum atomic E-state index is 10.8. The number of benzene rings is 1. The normalized spacial score (nSPS) is 21.1. The highest BCUT2D eigenvalue weighted by Crippen LogP contribution is 2.36. The van der Waals surface area contributed by atoms with Gasteiger partial charge in [-0.25, -0.2) is 4.99 Å². The van der Waals surface area contributed by atoms with Crippen molar-refractivity contribution >= 4 is 18.1 Å². The molecule has 1 amide bonds. The Balaban J connectivity index is 1.31. The molecule has 0 aromatic heterocycles. The number of carbonyl (C=O) groups is 1. The Morgan fingerprint density at radius 3 is 2.95 bits per heavy atom. The standard InChI is InChI=1S/C28H38N8O3/c1-2-31-26-24-20(16-29)17-32-27(24)35-28(34-26)33-23-8-6-19(25-22(23)4-3-13-39-25)5-7-21(9-10-30-18-37)36-11-14-38-15-12-36/h6,8,17-18,21,27,31-32H,2-5,7,9-15H2,1H3,(H,30,37)(H2,33,34,35). The number of aliphatic imine (C=N–C) groups is 1. The molecule has 4 aliphatic heterocycles. The number of hydrogen-bond acceptors (Lipinski definition) is 10. The highest BCUT2D eigenvalue weighted by atomic mass is 16.5. The van der Waals surface area contributed by atoms with E-state index in [0.29, 0.717) is 30.7 Å². The SMILES string of the molecule is CCNC1=C2C(C#N)=CNC2N=C(Nc2ccc(CCC(CCNC=O)N3CCOCC3)c3c2CCCO3)N1. The first-order valence-electron chi connectivity index (χ1n) is 13.9. The average molecular weight is 535 g/mol. The molecule has 39 heavy (non-hydrogen) atoms. The van der Waals surface area contributed by atoms with E-state index < -0.39 is 0 Å². The Hall–Kier alpha value is -3.75. The number of guanidine groups is 1. The van der Waals surface area contributed by atoms with E-state index in [2.05, 4.69) is 49.7 Å². The molecule has 4 heterocycles. The van der Waals surface area contributed by atoms with Crippen LogP contribution in [-0.4, -0.2) is 75.5 Å². The van der Waals surface area contributed by atoms with Crippen molar-refractivity contribution < 1.29 is 14.3 Å². The van der Waals surface area contributed by atoms with Crippen molar-refractivity contribution in [3.8, 4) is 11.8 Å². The van der Waals surface area contributed by atoms with E-state index in [1.807, 2.05) is 6.92 Å². The maximum Gasteiger partial charge on any atom is 0.207 e. The summed E-state index contributed by atoms with van der Waals surface area (Å²) in [7, 11) is 0. The quantitative estimate of drug-likeness (QED) is 0.210. The van der Waals surface area contributed by atoms with E-state index in [0.717, 1.165) is 94.2 Å². The fourth-order valence-electron chi connectivity index (χ4n) is 5.72. The number of nitriles is 1. The summed E-state index contributed by atoms with van der Waals surface area (Å²) in [5, 5.41) is 25.7. The number of ether oxygens (including phenoxy) is 2. The molecule has 1 aromatic rings. The van der Waals surface area contributed by atoms with Crippen LogP contribution in [0.25, 0.3) is 0 Å². The van der Waals surface area contributed by atoms with Crippen molar-refractivity contribution in [1.82, 2.24) is 26.2 Å². The summed E-state index contributed by atoms with van der Waals surface area (Å²) < 4.78 is 11.8. The third kappa shape index (κ3) is 6.13. The molecule has 2 unspecified atom stereocenters. The molecule has 0 aliphatic carbocycles. The van der Waals surface area contributed by atoms with Crippen molar-refractivity contribution in [1.29, 1.82) is 5.26 Å². The van der Waals surface area contributed by atoms with Crippen molar-refractivity contribution in [2.24, 2.45) is 4.99 Å². The molecule has 11 heteroatoms. The Bertz CT molecular complexity index is 1180. The van der Waals surface area contributed by atoms with E-state index in [-0.39, 0.29) is 6.17 Å². The molecule has 0 spiro atoms. The summed E-state index contributed by atoms with van der Waals surface area (Å²) >= 11 is 0. The molecule has 11 nitrogen and oxygen atoms in total. The average Bonchev–Trinajstić information content (AvgIpc) is 3.40. The number of rotatable bonds is 11. The fourth-order valence-corrected chi connectivity index (χ4v) is 5.72. The second-order valence-electron chi connectivity index (χ2n) is 10.0. The smallest absolute Gasteiger partial charge is 0.207 e. The molecule has 1 saturated heterocycles. The zero-order chi connectivity index (χ0) is 27.0. The van der Waals surface area contributed by atoms with Crippen LogP contribution in [0.1, 0.15) is 37.3 Å². The lowest BCUT2D eigenvalue weighted by Crippen LogP contribution is -2.44. The van der Waals surface area contributed by atoms with Crippen LogP contribution < -0.4 is 31.3 Å². The lowest BCUT2D eigenvalue weighted by atomic mass is 9.95. The first-order valence-corrected chi connectivity index (χ1v) is 13.9. The second-order valence-corrected chi connectivity index (χ2v) is 10.0. The molecule has 0 saturated carbocycles. The van der Waals surface area contributed by atoms with Gasteiger partial charge in [-0.05, 0) is 50.7 Å². The predicted molar refractivity (Wildman–Crippen MR) is 149 cm³/mol. The topological polar surface area (TPSA) is 135 Å². The molecule has 1 aromatic carbocycles. The molecule has 4 aliphatic rings. The number of fused-ring (bicyclic) bond motifs is 2. The Morgan fingerprint density at radius 2 is 2.15 bits per heavy atom. The van der Waals surface area contributed by atoms with Gasteiger partial charge in [0, 0.05) is 49.7 Å². The lowest BCUT2D eigenvalue weighted by Gasteiger charge is -2.35. The molecule has 1 fully saturated rings. The number of aryl methyl sites for hydroxylation is 1. The van der Waals surface area contributed by atoms with Gasteiger partial charge in [0.1, 0.15) is 17.6 Å². The largest absolute Gasteiger partial charge is 0.493 e. The van der Waals surface area contributed by atoms with Gasteiger partial charge < -0.3 is 36.1 Å². The zero-order valence-electron chi connectivity index (χ0n) is 22.5. The van der Waals surface area contributed by atoms with Gasteiger partial charge in [0.2, 0.25) is 12.4 Å². The second kappa shape index (κ2) is 12.9. The van der Waals surface area contributed by atoms with Gasteiger partial charge >= 0.3 is 0 Å². The Labute approximate surface area is 229 Å². The number of morpholine rings is 1. The van der Waals surface area contributed by atoms with Gasteiger partial charge in [0.15, 0.2) is 6.17 Å². The first kappa shape index (κ1) is 26.8. The number of hydrogen-bond donors (Lipinski definition) is 5. The third-order valence-electron chi connectivity index (χ3n) is 7.62. The molecular formula is C28H38N8O3. The van der Waals surface area contributed by atoms with Crippen LogP contribution in [0.5, 0.6) is 5.75 Å². The summed E-state index contributed by atoms with van der Waals surface area (Å²) in [4.78, 5) is 18.1. The number of amides is 1. The van der Waals surface area contributed by atoms with E-state index >= 15 is 0 Å². The minimum absolute atomic E-state index is 0.311. The van der Waals surface area contributed by atoms with Crippen molar-refractivity contribution in [3.05, 3.63) is 46.4 Å². The van der Waals surface area contributed by atoms with Crippen LogP contribution in [0, 0.1) is 11.3 Å². The molecular weight excluding hydrogens is 496 g/mol. The van der Waals surface area contributed by atoms with Crippen LogP contribution in [0.15, 0.2) is 40.3 Å². The van der Waals surface area contributed by atoms with Gasteiger partial charge in [-0.3, -0.25) is 9.69 Å². The minimum Gasteiger partial charge on any atom is -0.493 e. The van der Waals surface area contributed by atoms with Gasteiger partial charge in [-0.15, -0.1) is 0 Å².